The van der Waals surface area contributed by atoms with E-state index in [1.165, 1.54) is 5.56 Å². The zero-order chi connectivity index (χ0) is 14.7. The molecular formula is C15H17BrCl2N2. The van der Waals surface area contributed by atoms with Gasteiger partial charge in [-0.2, -0.15) is 5.10 Å². The van der Waals surface area contributed by atoms with Crippen LogP contribution in [0.5, 0.6) is 0 Å². The van der Waals surface area contributed by atoms with E-state index in [4.69, 9.17) is 23.2 Å². The van der Waals surface area contributed by atoms with Gasteiger partial charge in [-0.15, -0.1) is 11.6 Å². The van der Waals surface area contributed by atoms with Crippen LogP contribution in [0.2, 0.25) is 5.02 Å². The minimum atomic E-state index is 0.213. The summed E-state index contributed by atoms with van der Waals surface area (Å²) >= 11 is 16.2. The third kappa shape index (κ3) is 3.21. The van der Waals surface area contributed by atoms with E-state index < -0.39 is 0 Å². The van der Waals surface area contributed by atoms with E-state index >= 15 is 0 Å². The number of halogens is 3. The van der Waals surface area contributed by atoms with Gasteiger partial charge in [0, 0.05) is 23.3 Å². The lowest BCUT2D eigenvalue weighted by Gasteiger charge is -2.16. The number of benzene rings is 1. The molecule has 1 aromatic heterocycles. The third-order valence-electron chi connectivity index (χ3n) is 3.47. The number of hydrogen-bond donors (Lipinski definition) is 0. The zero-order valence-electron chi connectivity index (χ0n) is 11.5. The lowest BCUT2D eigenvalue weighted by atomic mass is 9.96. The third-order valence-corrected chi connectivity index (χ3v) is 5.00. The molecule has 0 saturated heterocycles. The van der Waals surface area contributed by atoms with Crippen molar-refractivity contribution < 1.29 is 0 Å². The van der Waals surface area contributed by atoms with E-state index in [-0.39, 0.29) is 5.92 Å². The van der Waals surface area contributed by atoms with Crippen molar-refractivity contribution in [3.8, 4) is 0 Å². The molecule has 2 nitrogen and oxygen atoms in total. The van der Waals surface area contributed by atoms with Crippen LogP contribution in [0.1, 0.15) is 29.8 Å². The normalized spacial score (nSPS) is 12.7. The summed E-state index contributed by atoms with van der Waals surface area (Å²) in [6, 6.07) is 8.17. The molecule has 108 valence electrons. The molecule has 0 aliphatic rings. The molecule has 20 heavy (non-hydrogen) atoms. The molecule has 1 unspecified atom stereocenters. The molecule has 5 heteroatoms. The lowest BCUT2D eigenvalue weighted by Crippen LogP contribution is -2.09. The second-order valence-corrected chi connectivity index (χ2v) is 6.30. The number of hydrogen-bond acceptors (Lipinski definition) is 1. The average Bonchev–Trinajstić information content (AvgIpc) is 2.72. The van der Waals surface area contributed by atoms with Crippen LogP contribution in [-0.4, -0.2) is 15.7 Å². The van der Waals surface area contributed by atoms with Crippen LogP contribution in [0.4, 0.5) is 0 Å². The predicted octanol–water partition coefficient (Wildman–Crippen LogP) is 4.96. The van der Waals surface area contributed by atoms with Crippen LogP contribution in [0.3, 0.4) is 0 Å². The number of rotatable bonds is 5. The van der Waals surface area contributed by atoms with Crippen molar-refractivity contribution in [2.24, 2.45) is 7.05 Å². The van der Waals surface area contributed by atoms with Crippen LogP contribution >= 0.6 is 39.1 Å². The summed E-state index contributed by atoms with van der Waals surface area (Å²) in [4.78, 5) is 0. The molecule has 1 aromatic carbocycles. The highest BCUT2D eigenvalue weighted by atomic mass is 79.9. The van der Waals surface area contributed by atoms with Crippen LogP contribution in [0.25, 0.3) is 0 Å². The molecular weight excluding hydrogens is 359 g/mol. The van der Waals surface area contributed by atoms with Gasteiger partial charge in [0.05, 0.1) is 16.4 Å². The molecule has 0 spiro atoms. The van der Waals surface area contributed by atoms with Crippen LogP contribution in [-0.2, 0) is 19.9 Å². The number of alkyl halides is 1. The second-order valence-electron chi connectivity index (χ2n) is 4.76. The first-order valence-corrected chi connectivity index (χ1v) is 8.29. The number of nitrogens with zero attached hydrogens (tertiary/aromatic N) is 2. The highest BCUT2D eigenvalue weighted by Crippen LogP contribution is 2.31. The smallest absolute Gasteiger partial charge is 0.0849 e. The Morgan fingerprint density at radius 2 is 2.05 bits per heavy atom. The van der Waals surface area contributed by atoms with Crippen molar-refractivity contribution in [1.82, 2.24) is 9.78 Å². The molecule has 1 heterocycles. The number of aryl methyl sites for hydroxylation is 2. The van der Waals surface area contributed by atoms with E-state index in [1.54, 1.807) is 0 Å². The van der Waals surface area contributed by atoms with Crippen LogP contribution in [0.15, 0.2) is 28.7 Å². The highest BCUT2D eigenvalue weighted by Gasteiger charge is 2.20. The molecule has 0 bridgehead atoms. The van der Waals surface area contributed by atoms with E-state index in [0.29, 0.717) is 5.88 Å². The maximum atomic E-state index is 6.42. The van der Waals surface area contributed by atoms with Gasteiger partial charge in [-0.1, -0.05) is 52.7 Å². The summed E-state index contributed by atoms with van der Waals surface area (Å²) in [5, 5.41) is 5.24. The molecule has 0 aliphatic heterocycles. The SMILES string of the molecule is CCc1nn(C)c(CC(CCl)c2ccccc2Br)c1Cl. The largest absolute Gasteiger partial charge is 0.271 e. The lowest BCUT2D eigenvalue weighted by molar-refractivity contribution is 0.654. The average molecular weight is 376 g/mol. The molecule has 0 amide bonds. The fraction of sp³-hybridized carbons (Fsp3) is 0.400. The van der Waals surface area contributed by atoms with E-state index in [2.05, 4.69) is 34.0 Å². The van der Waals surface area contributed by atoms with Gasteiger partial charge in [0.25, 0.3) is 0 Å². The number of aromatic nitrogens is 2. The van der Waals surface area contributed by atoms with Gasteiger partial charge in [-0.3, -0.25) is 4.68 Å². The van der Waals surface area contributed by atoms with Crippen LogP contribution < -0.4 is 0 Å². The van der Waals surface area contributed by atoms with Gasteiger partial charge in [0.15, 0.2) is 0 Å². The summed E-state index contributed by atoms with van der Waals surface area (Å²) in [6.45, 7) is 2.06. The summed E-state index contributed by atoms with van der Waals surface area (Å²) in [5.74, 6) is 0.760. The first-order valence-electron chi connectivity index (χ1n) is 6.59. The minimum Gasteiger partial charge on any atom is -0.271 e. The zero-order valence-corrected chi connectivity index (χ0v) is 14.6. The molecule has 1 atom stereocenters. The first-order chi connectivity index (χ1) is 9.58. The van der Waals surface area contributed by atoms with Gasteiger partial charge in [-0.25, -0.2) is 0 Å². The predicted molar refractivity (Wildman–Crippen MR) is 88.9 cm³/mol. The van der Waals surface area contributed by atoms with Gasteiger partial charge in [0.1, 0.15) is 0 Å². The van der Waals surface area contributed by atoms with Gasteiger partial charge in [0.2, 0.25) is 0 Å². The summed E-state index contributed by atoms with van der Waals surface area (Å²) in [7, 11) is 1.94. The van der Waals surface area contributed by atoms with Gasteiger partial charge in [-0.05, 0) is 24.5 Å². The molecule has 0 N–H and O–H groups in total. The second kappa shape index (κ2) is 6.97. The quantitative estimate of drug-likeness (QED) is 0.675. The monoisotopic (exact) mass is 374 g/mol. The topological polar surface area (TPSA) is 17.8 Å². The maximum Gasteiger partial charge on any atom is 0.0849 e. The Hall–Kier alpha value is -0.510. The van der Waals surface area contributed by atoms with Crippen molar-refractivity contribution in [3.63, 3.8) is 0 Å². The Bertz CT molecular complexity index is 596. The molecule has 2 aromatic rings. The minimum absolute atomic E-state index is 0.213. The molecule has 0 saturated carbocycles. The van der Waals surface area contributed by atoms with E-state index in [9.17, 15) is 0 Å². The molecule has 0 fully saturated rings. The fourth-order valence-electron chi connectivity index (χ4n) is 2.33. The fourth-order valence-corrected chi connectivity index (χ4v) is 3.58. The summed E-state index contributed by atoms with van der Waals surface area (Å²) < 4.78 is 2.96. The van der Waals surface area contributed by atoms with Crippen molar-refractivity contribution in [2.75, 3.05) is 5.88 Å². The van der Waals surface area contributed by atoms with E-state index in [1.807, 2.05) is 29.9 Å². The Morgan fingerprint density at radius 3 is 2.60 bits per heavy atom. The Balaban J connectivity index is 2.32. The molecule has 0 radical (unpaired) electrons. The van der Waals surface area contributed by atoms with Crippen LogP contribution in [0, 0.1) is 0 Å². The van der Waals surface area contributed by atoms with Crippen molar-refractivity contribution >= 4 is 39.1 Å². The Labute approximate surface area is 138 Å². The molecule has 0 aliphatic carbocycles. The highest BCUT2D eigenvalue weighted by molar-refractivity contribution is 9.10. The maximum absolute atomic E-state index is 6.42. The van der Waals surface area contributed by atoms with Crippen molar-refractivity contribution in [3.05, 3.63) is 50.7 Å². The van der Waals surface area contributed by atoms with Gasteiger partial charge < -0.3 is 0 Å². The van der Waals surface area contributed by atoms with E-state index in [0.717, 1.165) is 33.7 Å². The van der Waals surface area contributed by atoms with Crippen molar-refractivity contribution in [1.29, 1.82) is 0 Å². The summed E-state index contributed by atoms with van der Waals surface area (Å²) in [6.07, 6.45) is 1.63. The van der Waals surface area contributed by atoms with Gasteiger partial charge >= 0.3 is 0 Å². The van der Waals surface area contributed by atoms with Crippen molar-refractivity contribution in [2.45, 2.75) is 25.7 Å². The summed E-state index contributed by atoms with van der Waals surface area (Å²) in [5.41, 5.74) is 3.20. The Morgan fingerprint density at radius 1 is 1.35 bits per heavy atom. The standard InChI is InChI=1S/C15H17BrCl2N2/c1-3-13-15(18)14(20(2)19-13)8-10(9-17)11-6-4-5-7-12(11)16/h4-7,10H,3,8-9H2,1-2H3. The first kappa shape index (κ1) is 15.9. The Kier molecular flexibility index (Phi) is 5.53. The molecule has 2 rings (SSSR count).